The third-order valence-corrected chi connectivity index (χ3v) is 0.991. The lowest BCUT2D eigenvalue weighted by Crippen LogP contribution is -1.73. The number of nitrogens with zero attached hydrogens (tertiary/aromatic N) is 1. The molecule has 0 aromatic carbocycles. The largest absolute Gasteiger partial charge is 0.508 e. The van der Waals surface area contributed by atoms with Gasteiger partial charge in [0.05, 0.1) is 0 Å². The number of hydrogen-bond donors (Lipinski definition) is 1. The van der Waals surface area contributed by atoms with E-state index in [0.29, 0.717) is 5.75 Å². The van der Waals surface area contributed by atoms with Gasteiger partial charge < -0.3 is 5.11 Å². The SMILES string of the molecule is Cc1cnccc1O. The van der Waals surface area contributed by atoms with Crippen LogP contribution in [0.15, 0.2) is 18.5 Å². The molecule has 8 heavy (non-hydrogen) atoms. The molecule has 0 aliphatic rings. The van der Waals surface area contributed by atoms with Gasteiger partial charge in [0.1, 0.15) is 5.75 Å². The number of rotatable bonds is 0. The maximum absolute atomic E-state index is 8.88. The highest BCUT2D eigenvalue weighted by Gasteiger charge is 1.88. The van der Waals surface area contributed by atoms with Crippen LogP contribution in [0.5, 0.6) is 5.75 Å². The Kier molecular flexibility index (Phi) is 1.16. The minimum Gasteiger partial charge on any atom is -0.508 e. The van der Waals surface area contributed by atoms with Crippen molar-refractivity contribution in [3.8, 4) is 5.75 Å². The molecular formula is C6H7NO. The van der Waals surface area contributed by atoms with Gasteiger partial charge in [-0.25, -0.2) is 0 Å². The maximum Gasteiger partial charge on any atom is 0.121 e. The number of aryl methyl sites for hydroxylation is 1. The van der Waals surface area contributed by atoms with E-state index in [4.69, 9.17) is 5.11 Å². The molecule has 1 N–H and O–H groups in total. The molecule has 0 saturated heterocycles. The lowest BCUT2D eigenvalue weighted by molar-refractivity contribution is 0.470. The van der Waals surface area contributed by atoms with Crippen molar-refractivity contribution < 1.29 is 5.11 Å². The number of aromatic nitrogens is 1. The molecule has 2 nitrogen and oxygen atoms in total. The summed E-state index contributed by atoms with van der Waals surface area (Å²) in [5, 5.41) is 8.88. The summed E-state index contributed by atoms with van der Waals surface area (Å²) in [6.07, 6.45) is 3.18. The van der Waals surface area contributed by atoms with Gasteiger partial charge >= 0.3 is 0 Å². The summed E-state index contributed by atoms with van der Waals surface area (Å²) in [5.74, 6) is 0.306. The van der Waals surface area contributed by atoms with Gasteiger partial charge in [-0.3, -0.25) is 4.98 Å². The summed E-state index contributed by atoms with van der Waals surface area (Å²) < 4.78 is 0. The first kappa shape index (κ1) is 5.09. The fraction of sp³-hybridized carbons (Fsp3) is 0.167. The van der Waals surface area contributed by atoms with Crippen molar-refractivity contribution in [1.82, 2.24) is 4.98 Å². The average molecular weight is 109 g/mol. The Labute approximate surface area is 47.8 Å². The van der Waals surface area contributed by atoms with Gasteiger partial charge in [-0.1, -0.05) is 0 Å². The van der Waals surface area contributed by atoms with Gasteiger partial charge in [0.25, 0.3) is 0 Å². The molecule has 0 fully saturated rings. The molecule has 1 rings (SSSR count). The predicted octanol–water partition coefficient (Wildman–Crippen LogP) is 1.10. The number of hydrogen-bond acceptors (Lipinski definition) is 2. The molecule has 0 aliphatic carbocycles. The van der Waals surface area contributed by atoms with E-state index in [1.807, 2.05) is 6.92 Å². The zero-order valence-corrected chi connectivity index (χ0v) is 4.63. The minimum absolute atomic E-state index is 0.306. The molecule has 0 amide bonds. The Morgan fingerprint density at radius 2 is 2.38 bits per heavy atom. The monoisotopic (exact) mass is 109 g/mol. The van der Waals surface area contributed by atoms with Gasteiger partial charge in [0, 0.05) is 18.0 Å². The first-order valence-electron chi connectivity index (χ1n) is 2.40. The molecule has 0 saturated carbocycles. The Morgan fingerprint density at radius 3 is 2.75 bits per heavy atom. The highest BCUT2D eigenvalue weighted by molar-refractivity contribution is 5.26. The fourth-order valence-electron chi connectivity index (χ4n) is 0.466. The molecular weight excluding hydrogens is 102 g/mol. The Bertz CT molecular complexity index is 165. The Hall–Kier alpha value is -1.05. The Balaban J connectivity index is 3.13. The lowest BCUT2D eigenvalue weighted by atomic mass is 10.3. The van der Waals surface area contributed by atoms with Crippen LogP contribution in [-0.4, -0.2) is 10.1 Å². The molecule has 0 atom stereocenters. The third kappa shape index (κ3) is 0.780. The molecule has 2 heteroatoms. The van der Waals surface area contributed by atoms with E-state index in [1.54, 1.807) is 18.5 Å². The Morgan fingerprint density at radius 1 is 1.62 bits per heavy atom. The summed E-state index contributed by atoms with van der Waals surface area (Å²) >= 11 is 0. The highest BCUT2D eigenvalue weighted by Crippen LogP contribution is 2.10. The minimum atomic E-state index is 0.306. The van der Waals surface area contributed by atoms with E-state index in [9.17, 15) is 0 Å². The van der Waals surface area contributed by atoms with Gasteiger partial charge in [0.15, 0.2) is 0 Å². The van der Waals surface area contributed by atoms with E-state index >= 15 is 0 Å². The molecule has 1 aromatic heterocycles. The number of aromatic hydroxyl groups is 1. The first-order valence-corrected chi connectivity index (χ1v) is 2.40. The van der Waals surface area contributed by atoms with Crippen molar-refractivity contribution in [3.05, 3.63) is 24.0 Å². The second-order valence-electron chi connectivity index (χ2n) is 1.66. The molecule has 0 bridgehead atoms. The van der Waals surface area contributed by atoms with Crippen molar-refractivity contribution in [3.63, 3.8) is 0 Å². The average Bonchev–Trinajstić information content (AvgIpc) is 1.77. The van der Waals surface area contributed by atoms with E-state index in [-0.39, 0.29) is 0 Å². The van der Waals surface area contributed by atoms with Crippen LogP contribution in [0.4, 0.5) is 0 Å². The first-order chi connectivity index (χ1) is 3.80. The quantitative estimate of drug-likeness (QED) is 0.541. The van der Waals surface area contributed by atoms with Crippen molar-refractivity contribution in [2.75, 3.05) is 0 Å². The van der Waals surface area contributed by atoms with Gasteiger partial charge in [-0.2, -0.15) is 0 Å². The van der Waals surface area contributed by atoms with Gasteiger partial charge in [0.2, 0.25) is 0 Å². The van der Waals surface area contributed by atoms with Crippen LogP contribution in [0, 0.1) is 6.92 Å². The standard InChI is InChI=1S/C6H7NO/c1-5-4-7-3-2-6(5)8/h2-4H,1H3,(H,7,8). The van der Waals surface area contributed by atoms with Crippen molar-refractivity contribution in [2.24, 2.45) is 0 Å². The van der Waals surface area contributed by atoms with Gasteiger partial charge in [-0.15, -0.1) is 0 Å². The van der Waals surface area contributed by atoms with Crippen LogP contribution in [0.25, 0.3) is 0 Å². The molecule has 1 aromatic rings. The molecule has 1 heterocycles. The summed E-state index contributed by atoms with van der Waals surface area (Å²) in [6.45, 7) is 1.81. The summed E-state index contributed by atoms with van der Waals surface area (Å²) in [6, 6.07) is 1.56. The van der Waals surface area contributed by atoms with Crippen molar-refractivity contribution in [2.45, 2.75) is 6.92 Å². The predicted molar refractivity (Wildman–Crippen MR) is 30.6 cm³/mol. The normalized spacial score (nSPS) is 9.12. The maximum atomic E-state index is 8.88. The second-order valence-corrected chi connectivity index (χ2v) is 1.66. The molecule has 0 spiro atoms. The third-order valence-electron chi connectivity index (χ3n) is 0.991. The zero-order chi connectivity index (χ0) is 5.98. The van der Waals surface area contributed by atoms with Crippen LogP contribution in [0.1, 0.15) is 5.56 Å². The van der Waals surface area contributed by atoms with Crippen LogP contribution < -0.4 is 0 Å². The smallest absolute Gasteiger partial charge is 0.121 e. The van der Waals surface area contributed by atoms with E-state index < -0.39 is 0 Å². The highest BCUT2D eigenvalue weighted by atomic mass is 16.3. The molecule has 42 valence electrons. The van der Waals surface area contributed by atoms with E-state index in [2.05, 4.69) is 4.98 Å². The molecule has 0 aliphatic heterocycles. The van der Waals surface area contributed by atoms with Gasteiger partial charge in [-0.05, 0) is 13.0 Å². The number of pyridine rings is 1. The lowest BCUT2D eigenvalue weighted by Gasteiger charge is -1.91. The zero-order valence-electron chi connectivity index (χ0n) is 4.63. The summed E-state index contributed by atoms with van der Waals surface area (Å²) in [7, 11) is 0. The van der Waals surface area contributed by atoms with Crippen LogP contribution >= 0.6 is 0 Å². The van der Waals surface area contributed by atoms with Crippen molar-refractivity contribution >= 4 is 0 Å². The fourth-order valence-corrected chi connectivity index (χ4v) is 0.466. The molecule has 0 unspecified atom stereocenters. The van der Waals surface area contributed by atoms with Crippen LogP contribution in [0.3, 0.4) is 0 Å². The topological polar surface area (TPSA) is 33.1 Å². The second kappa shape index (κ2) is 1.82. The molecule has 0 radical (unpaired) electrons. The van der Waals surface area contributed by atoms with E-state index in [0.717, 1.165) is 5.56 Å². The van der Waals surface area contributed by atoms with E-state index in [1.165, 1.54) is 0 Å². The summed E-state index contributed by atoms with van der Waals surface area (Å²) in [5.41, 5.74) is 0.813. The summed E-state index contributed by atoms with van der Waals surface area (Å²) in [4.78, 5) is 3.79. The van der Waals surface area contributed by atoms with Crippen LogP contribution in [0.2, 0.25) is 0 Å². The van der Waals surface area contributed by atoms with Crippen LogP contribution in [-0.2, 0) is 0 Å². The van der Waals surface area contributed by atoms with Crippen molar-refractivity contribution in [1.29, 1.82) is 0 Å².